The highest BCUT2D eigenvalue weighted by atomic mass is 16.5. The lowest BCUT2D eigenvalue weighted by molar-refractivity contribution is 0.0276. The Labute approximate surface area is 213 Å². The van der Waals surface area contributed by atoms with Crippen LogP contribution in [0.4, 0.5) is 0 Å². The smallest absolute Gasteiger partial charge is 0.183 e. The van der Waals surface area contributed by atoms with Crippen LogP contribution in [0.5, 0.6) is 0 Å². The quantitative estimate of drug-likeness (QED) is 0.346. The van der Waals surface area contributed by atoms with E-state index in [1.54, 1.807) is 0 Å². The van der Waals surface area contributed by atoms with Crippen molar-refractivity contribution in [3.63, 3.8) is 0 Å². The molecule has 2 atom stereocenters. The SMILES string of the molecule is CCCCN(C)C(CCC)(Cc1ccc(CC(C)C)cc1)C(=O)c1ccc(C2CNCCO2)cc1. The third-order valence-corrected chi connectivity index (χ3v) is 7.30. The summed E-state index contributed by atoms with van der Waals surface area (Å²) in [5.41, 5.74) is 3.99. The van der Waals surface area contributed by atoms with Gasteiger partial charge < -0.3 is 10.1 Å². The summed E-state index contributed by atoms with van der Waals surface area (Å²) in [5, 5.41) is 3.39. The largest absolute Gasteiger partial charge is 0.371 e. The molecule has 0 aliphatic carbocycles. The third kappa shape index (κ3) is 7.25. The van der Waals surface area contributed by atoms with Crippen molar-refractivity contribution in [2.75, 3.05) is 33.3 Å². The Morgan fingerprint density at radius 3 is 2.31 bits per heavy atom. The number of Topliss-reactive ketones (excluding diaryl/α,β-unsaturated/α-hetero) is 1. The molecule has 0 radical (unpaired) electrons. The minimum Gasteiger partial charge on any atom is -0.371 e. The van der Waals surface area contributed by atoms with Crippen LogP contribution < -0.4 is 5.32 Å². The Morgan fingerprint density at radius 2 is 1.74 bits per heavy atom. The molecule has 192 valence electrons. The van der Waals surface area contributed by atoms with E-state index >= 15 is 0 Å². The highest BCUT2D eigenvalue weighted by Crippen LogP contribution is 2.31. The average molecular weight is 479 g/mol. The molecular weight excluding hydrogens is 432 g/mol. The van der Waals surface area contributed by atoms with Crippen molar-refractivity contribution in [1.82, 2.24) is 10.2 Å². The lowest BCUT2D eigenvalue weighted by Gasteiger charge is -2.41. The second-order valence-corrected chi connectivity index (χ2v) is 10.7. The van der Waals surface area contributed by atoms with E-state index in [4.69, 9.17) is 4.74 Å². The van der Waals surface area contributed by atoms with Gasteiger partial charge in [0, 0.05) is 18.7 Å². The number of rotatable bonds is 13. The van der Waals surface area contributed by atoms with Crippen molar-refractivity contribution >= 4 is 5.78 Å². The first kappa shape index (κ1) is 27.6. The van der Waals surface area contributed by atoms with E-state index in [0.717, 1.165) is 75.9 Å². The Bertz CT molecular complexity index is 901. The second kappa shape index (κ2) is 13.3. The summed E-state index contributed by atoms with van der Waals surface area (Å²) in [4.78, 5) is 16.6. The Balaban J connectivity index is 1.90. The molecule has 1 N–H and O–H groups in total. The highest BCUT2D eigenvalue weighted by molar-refractivity contribution is 6.03. The van der Waals surface area contributed by atoms with Crippen molar-refractivity contribution in [3.05, 3.63) is 70.8 Å². The number of unbranched alkanes of at least 4 members (excludes halogenated alkanes) is 1. The molecule has 0 aromatic heterocycles. The van der Waals surface area contributed by atoms with Crippen LogP contribution in [-0.4, -0.2) is 49.5 Å². The van der Waals surface area contributed by atoms with Crippen molar-refractivity contribution in [3.8, 4) is 0 Å². The molecule has 1 aliphatic heterocycles. The fourth-order valence-electron chi connectivity index (χ4n) is 5.30. The number of nitrogens with one attached hydrogen (secondary N) is 1. The molecular formula is C31H46N2O2. The van der Waals surface area contributed by atoms with E-state index in [0.29, 0.717) is 5.92 Å². The molecule has 2 unspecified atom stereocenters. The molecule has 0 saturated carbocycles. The van der Waals surface area contributed by atoms with Gasteiger partial charge in [-0.15, -0.1) is 0 Å². The number of likely N-dealkylation sites (N-methyl/N-ethyl adjacent to an activating group) is 1. The first-order valence-electron chi connectivity index (χ1n) is 13.7. The van der Waals surface area contributed by atoms with E-state index in [1.165, 1.54) is 11.1 Å². The second-order valence-electron chi connectivity index (χ2n) is 10.7. The zero-order valence-corrected chi connectivity index (χ0v) is 22.6. The molecule has 1 saturated heterocycles. The molecule has 35 heavy (non-hydrogen) atoms. The van der Waals surface area contributed by atoms with Crippen LogP contribution in [0.1, 0.15) is 86.5 Å². The molecule has 0 bridgehead atoms. The lowest BCUT2D eigenvalue weighted by Crippen LogP contribution is -2.55. The normalized spacial score (nSPS) is 18.1. The average Bonchev–Trinajstić information content (AvgIpc) is 2.88. The van der Waals surface area contributed by atoms with Gasteiger partial charge in [-0.25, -0.2) is 0 Å². The van der Waals surface area contributed by atoms with Crippen LogP contribution >= 0.6 is 0 Å². The van der Waals surface area contributed by atoms with E-state index in [2.05, 4.69) is 81.4 Å². The monoisotopic (exact) mass is 478 g/mol. The van der Waals surface area contributed by atoms with Gasteiger partial charge in [0.05, 0.1) is 18.2 Å². The van der Waals surface area contributed by atoms with Crippen molar-refractivity contribution in [2.24, 2.45) is 5.92 Å². The molecule has 4 heteroatoms. The van der Waals surface area contributed by atoms with E-state index in [9.17, 15) is 4.79 Å². The van der Waals surface area contributed by atoms with E-state index < -0.39 is 5.54 Å². The van der Waals surface area contributed by atoms with E-state index in [-0.39, 0.29) is 11.9 Å². The van der Waals surface area contributed by atoms with Crippen LogP contribution in [0.15, 0.2) is 48.5 Å². The number of hydrogen-bond donors (Lipinski definition) is 1. The van der Waals surface area contributed by atoms with Crippen LogP contribution in [-0.2, 0) is 17.6 Å². The van der Waals surface area contributed by atoms with Gasteiger partial charge in [0.15, 0.2) is 5.78 Å². The van der Waals surface area contributed by atoms with Crippen LogP contribution in [0, 0.1) is 5.92 Å². The highest BCUT2D eigenvalue weighted by Gasteiger charge is 2.41. The summed E-state index contributed by atoms with van der Waals surface area (Å²) in [6.45, 7) is 12.3. The Morgan fingerprint density at radius 1 is 1.06 bits per heavy atom. The molecule has 0 spiro atoms. The molecule has 0 amide bonds. The van der Waals surface area contributed by atoms with Crippen molar-refractivity contribution in [2.45, 2.75) is 77.9 Å². The van der Waals surface area contributed by atoms with Gasteiger partial charge in [0.25, 0.3) is 0 Å². The van der Waals surface area contributed by atoms with Crippen molar-refractivity contribution < 1.29 is 9.53 Å². The summed E-state index contributed by atoms with van der Waals surface area (Å²) < 4.78 is 5.91. The molecule has 4 nitrogen and oxygen atoms in total. The standard InChI is InChI=1S/C31H46N2O2/c1-6-8-19-33(5)31(17-7-2,22-26-11-9-25(10-12-26)21-24(3)4)30(34)28-15-13-27(14-16-28)29-23-32-18-20-35-29/h9-16,24,29,32H,6-8,17-23H2,1-5H3. The zero-order valence-electron chi connectivity index (χ0n) is 22.6. The summed E-state index contributed by atoms with van der Waals surface area (Å²) in [6, 6.07) is 17.1. The van der Waals surface area contributed by atoms with E-state index in [1.807, 2.05) is 12.1 Å². The van der Waals surface area contributed by atoms with Crippen LogP contribution in [0.3, 0.4) is 0 Å². The number of ketones is 1. The predicted molar refractivity (Wildman–Crippen MR) is 146 cm³/mol. The van der Waals surface area contributed by atoms with Crippen molar-refractivity contribution in [1.29, 1.82) is 0 Å². The predicted octanol–water partition coefficient (Wildman–Crippen LogP) is 6.24. The fourth-order valence-corrected chi connectivity index (χ4v) is 5.30. The molecule has 2 aromatic carbocycles. The number of hydrogen-bond acceptors (Lipinski definition) is 4. The minimum absolute atomic E-state index is 0.0601. The van der Waals surface area contributed by atoms with Gasteiger partial charge in [-0.3, -0.25) is 9.69 Å². The number of nitrogens with zero attached hydrogens (tertiary/aromatic N) is 1. The molecule has 1 fully saturated rings. The summed E-state index contributed by atoms with van der Waals surface area (Å²) in [7, 11) is 2.15. The first-order valence-corrected chi connectivity index (χ1v) is 13.7. The van der Waals surface area contributed by atoms with Gasteiger partial charge in [0.2, 0.25) is 0 Å². The number of morpholine rings is 1. The maximum atomic E-state index is 14.3. The third-order valence-electron chi connectivity index (χ3n) is 7.30. The summed E-state index contributed by atoms with van der Waals surface area (Å²) in [6.07, 6.45) is 5.90. The molecule has 1 heterocycles. The topological polar surface area (TPSA) is 41.6 Å². The van der Waals surface area contributed by atoms with Crippen LogP contribution in [0.2, 0.25) is 0 Å². The number of benzene rings is 2. The first-order chi connectivity index (χ1) is 16.9. The number of ether oxygens (including phenoxy) is 1. The molecule has 2 aromatic rings. The fraction of sp³-hybridized carbons (Fsp3) is 0.581. The Hall–Kier alpha value is -2.01. The Kier molecular flexibility index (Phi) is 10.5. The molecule has 3 rings (SSSR count). The van der Waals surface area contributed by atoms with Gasteiger partial charge in [0.1, 0.15) is 0 Å². The van der Waals surface area contributed by atoms with Gasteiger partial charge >= 0.3 is 0 Å². The lowest BCUT2D eigenvalue weighted by atomic mass is 9.78. The van der Waals surface area contributed by atoms with Gasteiger partial charge in [-0.1, -0.05) is 89.1 Å². The minimum atomic E-state index is -0.548. The zero-order chi connectivity index (χ0) is 25.3. The maximum absolute atomic E-state index is 14.3. The van der Waals surface area contributed by atoms with Crippen LogP contribution in [0.25, 0.3) is 0 Å². The maximum Gasteiger partial charge on any atom is 0.183 e. The molecule has 1 aliphatic rings. The summed E-state index contributed by atoms with van der Waals surface area (Å²) >= 11 is 0. The number of carbonyl (C=O) groups is 1. The summed E-state index contributed by atoms with van der Waals surface area (Å²) in [5.74, 6) is 0.873. The number of carbonyl (C=O) groups excluding carboxylic acids is 1. The van der Waals surface area contributed by atoms with Gasteiger partial charge in [-0.2, -0.15) is 0 Å². The van der Waals surface area contributed by atoms with Gasteiger partial charge in [-0.05, 0) is 61.9 Å².